The largest absolute Gasteiger partial charge is 0.387 e. The van der Waals surface area contributed by atoms with Gasteiger partial charge >= 0.3 is 0 Å². The summed E-state index contributed by atoms with van der Waals surface area (Å²) in [7, 11) is 0. The molecule has 0 aliphatic carbocycles. The van der Waals surface area contributed by atoms with Crippen LogP contribution >= 0.6 is 11.3 Å². The Morgan fingerprint density at radius 2 is 1.86 bits per heavy atom. The molecule has 2 fully saturated rings. The van der Waals surface area contributed by atoms with Crippen molar-refractivity contribution in [2.75, 3.05) is 50.7 Å². The highest BCUT2D eigenvalue weighted by molar-refractivity contribution is 7.10. The minimum atomic E-state index is -0.387. The molecule has 2 saturated heterocycles. The second-order valence-electron chi connectivity index (χ2n) is 8.28. The third-order valence-corrected chi connectivity index (χ3v) is 7.21. The first kappa shape index (κ1) is 20.4. The number of piperazine rings is 1. The minimum Gasteiger partial charge on any atom is -0.387 e. The Morgan fingerprint density at radius 1 is 1.10 bits per heavy atom. The summed E-state index contributed by atoms with van der Waals surface area (Å²) < 4.78 is 0. The summed E-state index contributed by atoms with van der Waals surface area (Å²) in [5.41, 5.74) is 2.56. The van der Waals surface area contributed by atoms with E-state index in [1.807, 2.05) is 22.4 Å². The van der Waals surface area contributed by atoms with Gasteiger partial charge in [0.1, 0.15) is 0 Å². The van der Waals surface area contributed by atoms with Crippen molar-refractivity contribution in [2.24, 2.45) is 5.92 Å². The van der Waals surface area contributed by atoms with E-state index in [0.29, 0.717) is 6.54 Å². The lowest BCUT2D eigenvalue weighted by Gasteiger charge is -2.38. The Balaban J connectivity index is 1.22. The Kier molecular flexibility index (Phi) is 6.53. The SMILES string of the molecule is Cc1cccc(N2CCN(CC(=O)N3CCC(C(O)c4cccs4)CC3)CC2)c1. The Labute approximate surface area is 177 Å². The molecule has 4 rings (SSSR count). The summed E-state index contributed by atoms with van der Waals surface area (Å²) in [6.45, 7) is 7.93. The number of thiophene rings is 1. The molecule has 1 unspecified atom stereocenters. The Hall–Kier alpha value is -1.89. The number of aryl methyl sites for hydroxylation is 1. The van der Waals surface area contributed by atoms with Crippen LogP contribution in [0, 0.1) is 12.8 Å². The van der Waals surface area contributed by atoms with Gasteiger partial charge in [-0.05, 0) is 54.8 Å². The number of anilines is 1. The predicted octanol–water partition coefficient (Wildman–Crippen LogP) is 3.15. The first-order valence-corrected chi connectivity index (χ1v) is 11.5. The third kappa shape index (κ3) is 5.00. The highest BCUT2D eigenvalue weighted by Crippen LogP contribution is 2.33. The lowest BCUT2D eigenvalue weighted by molar-refractivity contribution is -0.134. The molecule has 3 heterocycles. The van der Waals surface area contributed by atoms with Crippen molar-refractivity contribution in [1.82, 2.24) is 9.80 Å². The van der Waals surface area contributed by atoms with Gasteiger partial charge in [0, 0.05) is 49.8 Å². The number of amides is 1. The van der Waals surface area contributed by atoms with Crippen LogP contribution < -0.4 is 4.90 Å². The van der Waals surface area contributed by atoms with E-state index in [4.69, 9.17) is 0 Å². The van der Waals surface area contributed by atoms with Gasteiger partial charge in [-0.25, -0.2) is 0 Å². The summed E-state index contributed by atoms with van der Waals surface area (Å²) in [5.74, 6) is 0.494. The highest BCUT2D eigenvalue weighted by Gasteiger charge is 2.29. The quantitative estimate of drug-likeness (QED) is 0.818. The first-order valence-electron chi connectivity index (χ1n) is 10.6. The van der Waals surface area contributed by atoms with Crippen molar-refractivity contribution in [3.63, 3.8) is 0 Å². The maximum atomic E-state index is 12.8. The first-order chi connectivity index (χ1) is 14.1. The van der Waals surface area contributed by atoms with Gasteiger partial charge < -0.3 is 14.9 Å². The summed E-state index contributed by atoms with van der Waals surface area (Å²) in [4.78, 5) is 20.5. The number of hydrogen-bond donors (Lipinski definition) is 1. The van der Waals surface area contributed by atoms with Gasteiger partial charge in [-0.2, -0.15) is 0 Å². The van der Waals surface area contributed by atoms with Crippen LogP contribution in [0.25, 0.3) is 0 Å². The minimum absolute atomic E-state index is 0.234. The van der Waals surface area contributed by atoms with E-state index in [1.165, 1.54) is 11.3 Å². The number of carbonyl (C=O) groups is 1. The van der Waals surface area contributed by atoms with Crippen molar-refractivity contribution in [1.29, 1.82) is 0 Å². The van der Waals surface area contributed by atoms with Crippen LogP contribution in [-0.2, 0) is 4.79 Å². The van der Waals surface area contributed by atoms with Crippen molar-refractivity contribution < 1.29 is 9.90 Å². The predicted molar refractivity (Wildman–Crippen MR) is 118 cm³/mol. The fraction of sp³-hybridized carbons (Fsp3) is 0.522. The van der Waals surface area contributed by atoms with E-state index in [-0.39, 0.29) is 17.9 Å². The van der Waals surface area contributed by atoms with Crippen molar-refractivity contribution in [2.45, 2.75) is 25.9 Å². The molecule has 0 spiro atoms. The molecule has 1 aromatic carbocycles. The molecule has 6 heteroatoms. The zero-order chi connectivity index (χ0) is 20.2. The van der Waals surface area contributed by atoms with Gasteiger partial charge in [-0.3, -0.25) is 9.69 Å². The van der Waals surface area contributed by atoms with Crippen LogP contribution in [0.2, 0.25) is 0 Å². The standard InChI is InChI=1S/C23H31N3O2S/c1-18-4-2-5-20(16-18)25-13-11-24(12-14-25)17-22(27)26-9-7-19(8-10-26)23(28)21-6-3-15-29-21/h2-6,15-16,19,23,28H,7-14,17H2,1H3. The molecule has 1 amide bonds. The van der Waals surface area contributed by atoms with Gasteiger partial charge in [-0.1, -0.05) is 18.2 Å². The molecule has 2 aromatic rings. The van der Waals surface area contributed by atoms with Crippen molar-refractivity contribution in [3.05, 3.63) is 52.2 Å². The highest BCUT2D eigenvalue weighted by atomic mass is 32.1. The third-order valence-electron chi connectivity index (χ3n) is 6.27. The smallest absolute Gasteiger partial charge is 0.236 e. The van der Waals surface area contributed by atoms with Gasteiger partial charge in [0.25, 0.3) is 0 Å². The molecule has 0 saturated carbocycles. The van der Waals surface area contributed by atoms with E-state index >= 15 is 0 Å². The number of benzene rings is 1. The average Bonchev–Trinajstić information content (AvgIpc) is 3.29. The van der Waals surface area contributed by atoms with Gasteiger partial charge in [0.05, 0.1) is 12.6 Å². The topological polar surface area (TPSA) is 47.0 Å². The molecular weight excluding hydrogens is 382 g/mol. The van der Waals surface area contributed by atoms with E-state index in [9.17, 15) is 9.90 Å². The molecule has 1 N–H and O–H groups in total. The zero-order valence-electron chi connectivity index (χ0n) is 17.2. The fourth-order valence-corrected chi connectivity index (χ4v) is 5.24. The number of aliphatic hydroxyl groups is 1. The molecule has 2 aliphatic rings. The molecule has 156 valence electrons. The molecule has 5 nitrogen and oxygen atoms in total. The molecule has 29 heavy (non-hydrogen) atoms. The fourth-order valence-electron chi connectivity index (χ4n) is 4.44. The summed E-state index contributed by atoms with van der Waals surface area (Å²) in [6, 6.07) is 12.6. The van der Waals surface area contributed by atoms with E-state index in [2.05, 4.69) is 41.0 Å². The normalized spacial score (nSPS) is 20.1. The monoisotopic (exact) mass is 413 g/mol. The van der Waals surface area contributed by atoms with Crippen molar-refractivity contribution in [3.8, 4) is 0 Å². The number of piperidine rings is 1. The maximum Gasteiger partial charge on any atom is 0.236 e. The molecule has 1 aromatic heterocycles. The van der Waals surface area contributed by atoms with E-state index in [1.54, 1.807) is 11.3 Å². The lowest BCUT2D eigenvalue weighted by Crippen LogP contribution is -2.51. The number of nitrogens with zero attached hydrogens (tertiary/aromatic N) is 3. The number of hydrogen-bond acceptors (Lipinski definition) is 5. The van der Waals surface area contributed by atoms with Crippen LogP contribution in [-0.4, -0.2) is 66.6 Å². The van der Waals surface area contributed by atoms with Crippen molar-refractivity contribution >= 4 is 22.9 Å². The van der Waals surface area contributed by atoms with Crippen LogP contribution in [0.3, 0.4) is 0 Å². The van der Waals surface area contributed by atoms with Crippen LogP contribution in [0.4, 0.5) is 5.69 Å². The molecule has 0 bridgehead atoms. The number of carbonyl (C=O) groups excluding carboxylic acids is 1. The zero-order valence-corrected chi connectivity index (χ0v) is 18.0. The maximum absolute atomic E-state index is 12.8. The summed E-state index contributed by atoms with van der Waals surface area (Å²) >= 11 is 1.61. The van der Waals surface area contributed by atoms with Crippen LogP contribution in [0.15, 0.2) is 41.8 Å². The second-order valence-corrected chi connectivity index (χ2v) is 9.26. The number of rotatable bonds is 5. The summed E-state index contributed by atoms with van der Waals surface area (Å²) in [6.07, 6.45) is 1.37. The summed E-state index contributed by atoms with van der Waals surface area (Å²) in [5, 5.41) is 12.6. The van der Waals surface area contributed by atoms with Crippen LogP contribution in [0.5, 0.6) is 0 Å². The Bertz CT molecular complexity index is 794. The van der Waals surface area contributed by atoms with Gasteiger partial charge in [-0.15, -0.1) is 11.3 Å². The lowest BCUT2D eigenvalue weighted by atomic mass is 9.90. The molecule has 2 aliphatic heterocycles. The molecule has 1 atom stereocenters. The average molecular weight is 414 g/mol. The van der Waals surface area contributed by atoms with Crippen LogP contribution in [0.1, 0.15) is 29.4 Å². The second kappa shape index (κ2) is 9.28. The van der Waals surface area contributed by atoms with Gasteiger partial charge in [0.15, 0.2) is 0 Å². The number of likely N-dealkylation sites (tertiary alicyclic amines) is 1. The van der Waals surface area contributed by atoms with E-state index in [0.717, 1.165) is 57.0 Å². The molecule has 0 radical (unpaired) electrons. The van der Waals surface area contributed by atoms with E-state index < -0.39 is 0 Å². The Morgan fingerprint density at radius 3 is 2.52 bits per heavy atom. The van der Waals surface area contributed by atoms with Gasteiger partial charge in [0.2, 0.25) is 5.91 Å². The number of aliphatic hydroxyl groups excluding tert-OH is 1. The molecular formula is C23H31N3O2S.